The van der Waals surface area contributed by atoms with Gasteiger partial charge in [0, 0.05) is 17.3 Å². The average molecular weight is 468 g/mol. The molecule has 0 spiro atoms. The van der Waals surface area contributed by atoms with Crippen LogP contribution in [0.4, 0.5) is 22.6 Å². The van der Waals surface area contributed by atoms with E-state index in [1.54, 1.807) is 0 Å². The molecule has 3 heterocycles. The lowest BCUT2D eigenvalue weighted by atomic mass is 9.92. The van der Waals surface area contributed by atoms with Crippen LogP contribution < -0.4 is 10.6 Å². The number of carbonyl (C=O) groups excluding carboxylic acids is 2. The van der Waals surface area contributed by atoms with Gasteiger partial charge in [0.25, 0.3) is 11.8 Å². The summed E-state index contributed by atoms with van der Waals surface area (Å²) >= 11 is 1.12. The van der Waals surface area contributed by atoms with Gasteiger partial charge in [0.2, 0.25) is 0 Å². The van der Waals surface area contributed by atoms with Crippen LogP contribution in [-0.4, -0.2) is 24.0 Å². The van der Waals surface area contributed by atoms with Crippen molar-refractivity contribution in [2.75, 3.05) is 5.32 Å². The van der Waals surface area contributed by atoms with E-state index >= 15 is 0 Å². The van der Waals surface area contributed by atoms with Crippen LogP contribution in [0.3, 0.4) is 0 Å². The number of carbonyl (C=O) groups is 2. The largest absolute Gasteiger partial charge is 0.417 e. The SMILES string of the molecule is O=C(Nc1sc2c(c1C(=O)NC1CCC1)CC1CCC2O1)c1c(F)cccc1C(F)(F)F. The van der Waals surface area contributed by atoms with Crippen molar-refractivity contribution in [2.24, 2.45) is 0 Å². The highest BCUT2D eigenvalue weighted by atomic mass is 32.1. The summed E-state index contributed by atoms with van der Waals surface area (Å²) in [5.74, 6) is -2.88. The Bertz CT molecular complexity index is 1090. The summed E-state index contributed by atoms with van der Waals surface area (Å²) in [6.45, 7) is 0. The van der Waals surface area contributed by atoms with E-state index in [0.29, 0.717) is 12.5 Å². The number of benzene rings is 1. The maximum Gasteiger partial charge on any atom is 0.417 e. The molecule has 170 valence electrons. The highest BCUT2D eigenvalue weighted by molar-refractivity contribution is 7.17. The molecule has 1 aromatic heterocycles. The minimum absolute atomic E-state index is 0.0238. The van der Waals surface area contributed by atoms with Gasteiger partial charge in [-0.2, -0.15) is 13.2 Å². The van der Waals surface area contributed by atoms with E-state index < -0.39 is 29.0 Å². The zero-order valence-corrected chi connectivity index (χ0v) is 17.7. The first kappa shape index (κ1) is 21.4. The Kier molecular flexibility index (Phi) is 5.24. The van der Waals surface area contributed by atoms with Crippen molar-refractivity contribution in [3.05, 3.63) is 51.1 Å². The van der Waals surface area contributed by atoms with Crippen molar-refractivity contribution in [1.29, 1.82) is 0 Å². The van der Waals surface area contributed by atoms with E-state index in [1.807, 2.05) is 0 Å². The van der Waals surface area contributed by atoms with E-state index in [4.69, 9.17) is 4.74 Å². The Morgan fingerprint density at radius 1 is 1.06 bits per heavy atom. The number of fused-ring (bicyclic) bond motifs is 4. The lowest BCUT2D eigenvalue weighted by Gasteiger charge is -2.27. The Balaban J connectivity index is 1.52. The van der Waals surface area contributed by atoms with E-state index in [0.717, 1.165) is 66.0 Å². The third-order valence-corrected chi connectivity index (χ3v) is 7.55. The van der Waals surface area contributed by atoms with Gasteiger partial charge in [-0.15, -0.1) is 11.3 Å². The summed E-state index contributed by atoms with van der Waals surface area (Å²) in [5.41, 5.74) is -1.42. The summed E-state index contributed by atoms with van der Waals surface area (Å²) in [6.07, 6.45) is -0.251. The molecule has 1 saturated carbocycles. The van der Waals surface area contributed by atoms with Crippen LogP contribution in [-0.2, 0) is 17.3 Å². The van der Waals surface area contributed by atoms with Crippen molar-refractivity contribution in [3.8, 4) is 0 Å². The number of thiophene rings is 1. The van der Waals surface area contributed by atoms with Crippen LogP contribution >= 0.6 is 11.3 Å². The van der Waals surface area contributed by atoms with Crippen LogP contribution in [0.15, 0.2) is 18.2 Å². The lowest BCUT2D eigenvalue weighted by molar-refractivity contribution is -0.138. The number of rotatable bonds is 4. The first-order valence-electron chi connectivity index (χ1n) is 10.5. The highest BCUT2D eigenvalue weighted by Gasteiger charge is 2.41. The summed E-state index contributed by atoms with van der Waals surface area (Å²) in [6, 6.07) is 2.42. The second kappa shape index (κ2) is 7.84. The third-order valence-electron chi connectivity index (χ3n) is 6.31. The molecule has 0 radical (unpaired) electrons. The van der Waals surface area contributed by atoms with Crippen LogP contribution in [0.2, 0.25) is 0 Å². The number of hydrogen-bond acceptors (Lipinski definition) is 4. The topological polar surface area (TPSA) is 67.4 Å². The Hall–Kier alpha value is -2.46. The van der Waals surface area contributed by atoms with Crippen LogP contribution in [0.1, 0.15) is 74.9 Å². The van der Waals surface area contributed by atoms with E-state index in [-0.39, 0.29) is 34.7 Å². The molecule has 2 aromatic rings. The predicted molar refractivity (Wildman–Crippen MR) is 109 cm³/mol. The Morgan fingerprint density at radius 2 is 1.84 bits per heavy atom. The molecule has 3 aliphatic rings. The molecule has 1 aliphatic carbocycles. The normalized spacial score (nSPS) is 22.2. The molecule has 1 aromatic carbocycles. The van der Waals surface area contributed by atoms with E-state index in [1.165, 1.54) is 0 Å². The van der Waals surface area contributed by atoms with Gasteiger partial charge in [-0.1, -0.05) is 6.07 Å². The van der Waals surface area contributed by atoms with Crippen molar-refractivity contribution in [1.82, 2.24) is 5.32 Å². The zero-order valence-electron chi connectivity index (χ0n) is 16.9. The summed E-state index contributed by atoms with van der Waals surface area (Å²) in [4.78, 5) is 26.7. The summed E-state index contributed by atoms with van der Waals surface area (Å²) in [7, 11) is 0. The number of nitrogens with one attached hydrogen (secondary N) is 2. The maximum atomic E-state index is 14.3. The van der Waals surface area contributed by atoms with Gasteiger partial charge in [0.1, 0.15) is 10.8 Å². The third kappa shape index (κ3) is 3.69. The number of amides is 2. The average Bonchev–Trinajstić information content (AvgIpc) is 3.25. The molecule has 5 rings (SSSR count). The van der Waals surface area contributed by atoms with Crippen molar-refractivity contribution >= 4 is 28.2 Å². The van der Waals surface area contributed by atoms with Gasteiger partial charge in [-0.25, -0.2) is 4.39 Å². The minimum atomic E-state index is -4.90. The highest BCUT2D eigenvalue weighted by Crippen LogP contribution is 2.49. The molecular formula is C22H20F4N2O3S. The van der Waals surface area contributed by atoms with Gasteiger partial charge in [-0.05, 0) is 49.8 Å². The molecule has 2 aliphatic heterocycles. The molecule has 5 nitrogen and oxygen atoms in total. The fourth-order valence-electron chi connectivity index (χ4n) is 4.52. The van der Waals surface area contributed by atoms with Crippen molar-refractivity contribution in [3.63, 3.8) is 0 Å². The molecule has 1 saturated heterocycles. The smallest absolute Gasteiger partial charge is 0.369 e. The van der Waals surface area contributed by atoms with Crippen LogP contribution in [0.25, 0.3) is 0 Å². The molecular weight excluding hydrogens is 448 g/mol. The number of anilines is 1. The fourth-order valence-corrected chi connectivity index (χ4v) is 5.81. The molecule has 2 amide bonds. The fraction of sp³-hybridized carbons (Fsp3) is 0.455. The molecule has 2 unspecified atom stereocenters. The molecule has 2 bridgehead atoms. The zero-order chi connectivity index (χ0) is 22.6. The Labute approximate surface area is 185 Å². The van der Waals surface area contributed by atoms with Gasteiger partial charge in [0.05, 0.1) is 28.9 Å². The molecule has 2 fully saturated rings. The predicted octanol–water partition coefficient (Wildman–Crippen LogP) is 5.22. The molecule has 2 N–H and O–H groups in total. The lowest BCUT2D eigenvalue weighted by Crippen LogP contribution is -2.40. The van der Waals surface area contributed by atoms with Crippen LogP contribution in [0.5, 0.6) is 0 Å². The quantitative estimate of drug-likeness (QED) is 0.605. The van der Waals surface area contributed by atoms with Gasteiger partial charge in [-0.3, -0.25) is 9.59 Å². The van der Waals surface area contributed by atoms with Crippen molar-refractivity contribution < 1.29 is 31.9 Å². The minimum Gasteiger partial charge on any atom is -0.369 e. The van der Waals surface area contributed by atoms with Crippen LogP contribution in [0, 0.1) is 5.82 Å². The summed E-state index contributed by atoms with van der Waals surface area (Å²) < 4.78 is 60.4. The first-order chi connectivity index (χ1) is 15.2. The summed E-state index contributed by atoms with van der Waals surface area (Å²) in [5, 5.41) is 5.48. The molecule has 32 heavy (non-hydrogen) atoms. The number of halogens is 4. The van der Waals surface area contributed by atoms with Crippen molar-refractivity contribution in [2.45, 2.75) is 63.0 Å². The first-order valence-corrected chi connectivity index (χ1v) is 11.3. The van der Waals surface area contributed by atoms with Gasteiger partial charge < -0.3 is 15.4 Å². The second-order valence-corrected chi connectivity index (χ2v) is 9.44. The van der Waals surface area contributed by atoms with Gasteiger partial charge in [0.15, 0.2) is 0 Å². The van der Waals surface area contributed by atoms with Gasteiger partial charge >= 0.3 is 6.18 Å². The molecule has 2 atom stereocenters. The number of alkyl halides is 3. The second-order valence-electron chi connectivity index (χ2n) is 8.39. The molecule has 10 heteroatoms. The number of ether oxygens (including phenoxy) is 1. The standard InChI is InChI=1S/C22H20F4N2O3S/c23-14-6-2-5-13(22(24,25)26)17(14)20(30)28-21-16(19(29)27-10-3-1-4-10)12-9-11-7-8-15(31-11)18(12)32-21/h2,5-6,10-11,15H,1,3-4,7-9H2,(H,27,29)(H,28,30). The Morgan fingerprint density at radius 3 is 2.53 bits per heavy atom. The monoisotopic (exact) mass is 468 g/mol. The van der Waals surface area contributed by atoms with E-state index in [9.17, 15) is 27.2 Å². The maximum absolute atomic E-state index is 14.3. The van der Waals surface area contributed by atoms with E-state index in [2.05, 4.69) is 10.6 Å². The number of hydrogen-bond donors (Lipinski definition) is 2.